The molecule has 1 fully saturated rings. The van der Waals surface area contributed by atoms with Crippen LogP contribution in [-0.4, -0.2) is 41.1 Å². The Morgan fingerprint density at radius 3 is 2.86 bits per heavy atom. The molecule has 3 unspecified atom stereocenters. The number of nitrogens with two attached hydrogens (primary N) is 1. The molecule has 1 heterocycles. The van der Waals surface area contributed by atoms with Crippen LogP contribution in [0.25, 0.3) is 0 Å². The second kappa shape index (κ2) is 4.75. The number of hydrogen-bond donors (Lipinski definition) is 2. The van der Waals surface area contributed by atoms with E-state index in [-0.39, 0.29) is 11.8 Å². The van der Waals surface area contributed by atoms with Gasteiger partial charge in [-0.15, -0.1) is 0 Å². The van der Waals surface area contributed by atoms with Crippen LogP contribution in [0.3, 0.4) is 0 Å². The summed E-state index contributed by atoms with van der Waals surface area (Å²) >= 11 is 0. The molecule has 0 aliphatic carbocycles. The summed E-state index contributed by atoms with van der Waals surface area (Å²) in [5.41, 5.74) is 5.65. The first-order chi connectivity index (χ1) is 6.56. The number of hydrogen-bond acceptors (Lipinski definition) is 3. The highest BCUT2D eigenvalue weighted by Crippen LogP contribution is 2.17. The molecule has 0 radical (unpaired) electrons. The maximum Gasteiger partial charge on any atom is 0.239 e. The van der Waals surface area contributed by atoms with E-state index in [9.17, 15) is 9.90 Å². The van der Waals surface area contributed by atoms with Crippen molar-refractivity contribution in [2.75, 3.05) is 13.1 Å². The van der Waals surface area contributed by atoms with Gasteiger partial charge in [0.15, 0.2) is 0 Å². The number of piperidine rings is 1. The Kier molecular flexibility index (Phi) is 3.89. The predicted molar refractivity (Wildman–Crippen MR) is 54.6 cm³/mol. The molecule has 3 atom stereocenters. The maximum absolute atomic E-state index is 11.7. The molecule has 4 nitrogen and oxygen atoms in total. The van der Waals surface area contributed by atoms with Crippen molar-refractivity contribution in [3.63, 3.8) is 0 Å². The molecule has 1 aliphatic heterocycles. The molecule has 1 saturated heterocycles. The fraction of sp³-hybridized carbons (Fsp3) is 0.900. The molecule has 1 aliphatic rings. The van der Waals surface area contributed by atoms with Crippen molar-refractivity contribution in [2.45, 2.75) is 38.8 Å². The van der Waals surface area contributed by atoms with E-state index in [1.165, 1.54) is 0 Å². The van der Waals surface area contributed by atoms with E-state index >= 15 is 0 Å². The van der Waals surface area contributed by atoms with Gasteiger partial charge in [0, 0.05) is 13.1 Å². The van der Waals surface area contributed by atoms with Crippen molar-refractivity contribution >= 4 is 5.91 Å². The molecule has 0 aromatic heterocycles. The van der Waals surface area contributed by atoms with Crippen LogP contribution in [0.1, 0.15) is 26.7 Å². The summed E-state index contributed by atoms with van der Waals surface area (Å²) in [6.07, 6.45) is 1.13. The van der Waals surface area contributed by atoms with E-state index in [4.69, 9.17) is 5.73 Å². The van der Waals surface area contributed by atoms with Gasteiger partial charge in [-0.2, -0.15) is 0 Å². The number of aliphatic hydroxyl groups is 1. The molecule has 82 valence electrons. The van der Waals surface area contributed by atoms with E-state index in [0.29, 0.717) is 13.0 Å². The Bertz CT molecular complexity index is 208. The summed E-state index contributed by atoms with van der Waals surface area (Å²) in [7, 11) is 0. The Labute approximate surface area is 85.1 Å². The Morgan fingerprint density at radius 1 is 1.71 bits per heavy atom. The van der Waals surface area contributed by atoms with Crippen molar-refractivity contribution in [1.29, 1.82) is 0 Å². The van der Waals surface area contributed by atoms with Gasteiger partial charge >= 0.3 is 0 Å². The van der Waals surface area contributed by atoms with E-state index in [2.05, 4.69) is 0 Å². The van der Waals surface area contributed by atoms with Crippen molar-refractivity contribution in [3.8, 4) is 0 Å². The SMILES string of the molecule is CCC(N)C(=O)N1CCC(C)C(O)C1. The van der Waals surface area contributed by atoms with Gasteiger partial charge in [-0.3, -0.25) is 4.79 Å². The van der Waals surface area contributed by atoms with Gasteiger partial charge in [-0.1, -0.05) is 13.8 Å². The van der Waals surface area contributed by atoms with Gasteiger partial charge in [0.1, 0.15) is 0 Å². The summed E-state index contributed by atoms with van der Waals surface area (Å²) < 4.78 is 0. The minimum atomic E-state index is -0.407. The monoisotopic (exact) mass is 200 g/mol. The minimum absolute atomic E-state index is 0.0292. The third kappa shape index (κ3) is 2.45. The fourth-order valence-corrected chi connectivity index (χ4v) is 1.66. The van der Waals surface area contributed by atoms with E-state index in [1.54, 1.807) is 4.90 Å². The summed E-state index contributed by atoms with van der Waals surface area (Å²) in [6, 6.07) is -0.407. The van der Waals surface area contributed by atoms with Crippen LogP contribution in [-0.2, 0) is 4.79 Å². The summed E-state index contributed by atoms with van der Waals surface area (Å²) in [6.45, 7) is 5.07. The lowest BCUT2D eigenvalue weighted by molar-refractivity contribution is -0.136. The Balaban J connectivity index is 2.50. The average molecular weight is 200 g/mol. The molecular formula is C10H20N2O2. The summed E-state index contributed by atoms with van der Waals surface area (Å²) in [5, 5.41) is 9.62. The quantitative estimate of drug-likeness (QED) is 0.657. The van der Waals surface area contributed by atoms with Crippen molar-refractivity contribution in [3.05, 3.63) is 0 Å². The molecule has 1 amide bonds. The number of carbonyl (C=O) groups is 1. The first-order valence-corrected chi connectivity index (χ1v) is 5.28. The molecular weight excluding hydrogens is 180 g/mol. The molecule has 1 rings (SSSR count). The summed E-state index contributed by atoms with van der Waals surface area (Å²) in [5.74, 6) is 0.260. The molecule has 0 bridgehead atoms. The largest absolute Gasteiger partial charge is 0.391 e. The van der Waals surface area contributed by atoms with Crippen LogP contribution in [0, 0.1) is 5.92 Å². The van der Waals surface area contributed by atoms with Gasteiger partial charge in [0.25, 0.3) is 0 Å². The van der Waals surface area contributed by atoms with Crippen LogP contribution in [0.2, 0.25) is 0 Å². The maximum atomic E-state index is 11.7. The second-order valence-electron chi connectivity index (χ2n) is 4.13. The smallest absolute Gasteiger partial charge is 0.239 e. The molecule has 0 aromatic rings. The number of amides is 1. The number of rotatable bonds is 2. The highest BCUT2D eigenvalue weighted by molar-refractivity contribution is 5.81. The second-order valence-corrected chi connectivity index (χ2v) is 4.13. The van der Waals surface area contributed by atoms with Crippen LogP contribution in [0.15, 0.2) is 0 Å². The van der Waals surface area contributed by atoms with Gasteiger partial charge in [0.05, 0.1) is 12.1 Å². The van der Waals surface area contributed by atoms with Crippen LogP contribution < -0.4 is 5.73 Å². The lowest BCUT2D eigenvalue weighted by Crippen LogP contribution is -2.51. The number of likely N-dealkylation sites (tertiary alicyclic amines) is 1. The first kappa shape index (κ1) is 11.5. The number of nitrogens with zero attached hydrogens (tertiary/aromatic N) is 1. The predicted octanol–water partition coefficient (Wildman–Crippen LogP) is -0.0470. The van der Waals surface area contributed by atoms with Crippen LogP contribution >= 0.6 is 0 Å². The molecule has 4 heteroatoms. The molecule has 3 N–H and O–H groups in total. The highest BCUT2D eigenvalue weighted by Gasteiger charge is 2.28. The van der Waals surface area contributed by atoms with Crippen molar-refractivity contribution < 1.29 is 9.90 Å². The first-order valence-electron chi connectivity index (χ1n) is 5.28. The van der Waals surface area contributed by atoms with E-state index < -0.39 is 12.1 Å². The third-order valence-corrected chi connectivity index (χ3v) is 2.99. The molecule has 0 spiro atoms. The Hall–Kier alpha value is -0.610. The zero-order chi connectivity index (χ0) is 10.7. The topological polar surface area (TPSA) is 66.6 Å². The molecule has 14 heavy (non-hydrogen) atoms. The molecule has 0 aromatic carbocycles. The zero-order valence-electron chi connectivity index (χ0n) is 8.94. The van der Waals surface area contributed by atoms with E-state index in [0.717, 1.165) is 13.0 Å². The average Bonchev–Trinajstić information content (AvgIpc) is 2.20. The lowest BCUT2D eigenvalue weighted by atomic mass is 9.95. The summed E-state index contributed by atoms with van der Waals surface area (Å²) in [4.78, 5) is 13.4. The van der Waals surface area contributed by atoms with Crippen molar-refractivity contribution in [1.82, 2.24) is 4.90 Å². The number of β-amino-alcohol motifs (C(OH)–C–C–N with tert-alkyl or cyclic N) is 1. The lowest BCUT2D eigenvalue weighted by Gasteiger charge is -2.35. The fourth-order valence-electron chi connectivity index (χ4n) is 1.66. The van der Waals surface area contributed by atoms with Gasteiger partial charge in [0.2, 0.25) is 5.91 Å². The van der Waals surface area contributed by atoms with E-state index in [1.807, 2.05) is 13.8 Å². The van der Waals surface area contributed by atoms with Crippen molar-refractivity contribution in [2.24, 2.45) is 11.7 Å². The van der Waals surface area contributed by atoms with Crippen LogP contribution in [0.5, 0.6) is 0 Å². The third-order valence-electron chi connectivity index (χ3n) is 2.99. The molecule has 0 saturated carbocycles. The normalized spacial score (nSPS) is 30.1. The van der Waals surface area contributed by atoms with Crippen LogP contribution in [0.4, 0.5) is 0 Å². The van der Waals surface area contributed by atoms with Gasteiger partial charge in [-0.05, 0) is 18.8 Å². The zero-order valence-corrected chi connectivity index (χ0v) is 8.94. The number of carbonyl (C=O) groups excluding carboxylic acids is 1. The Morgan fingerprint density at radius 2 is 2.36 bits per heavy atom. The van der Waals surface area contributed by atoms with Gasteiger partial charge < -0.3 is 15.7 Å². The highest BCUT2D eigenvalue weighted by atomic mass is 16.3. The number of aliphatic hydroxyl groups excluding tert-OH is 1. The minimum Gasteiger partial charge on any atom is -0.391 e. The van der Waals surface area contributed by atoms with Gasteiger partial charge in [-0.25, -0.2) is 0 Å². The standard InChI is InChI=1S/C10H20N2O2/c1-3-8(11)10(14)12-5-4-7(2)9(13)6-12/h7-9,13H,3-6,11H2,1-2H3.